The number of ether oxygens (including phenoxy) is 2. The van der Waals surface area contributed by atoms with Crippen molar-refractivity contribution in [3.63, 3.8) is 0 Å². The van der Waals surface area contributed by atoms with Crippen LogP contribution >= 0.6 is 0 Å². The minimum atomic E-state index is -0.940. The molecule has 136 valence electrons. The average molecular weight is 355 g/mol. The van der Waals surface area contributed by atoms with Crippen molar-refractivity contribution >= 4 is 11.9 Å². The van der Waals surface area contributed by atoms with Gasteiger partial charge in [0.15, 0.2) is 0 Å². The monoisotopic (exact) mass is 355 g/mol. The third kappa shape index (κ3) is 4.61. The molecule has 1 amide bonds. The molecule has 6 heteroatoms. The number of aliphatic carboxylic acids is 1. The van der Waals surface area contributed by atoms with E-state index in [1.807, 2.05) is 48.5 Å². The molecule has 0 aromatic heterocycles. The van der Waals surface area contributed by atoms with E-state index in [0.29, 0.717) is 18.9 Å². The number of amides is 1. The van der Waals surface area contributed by atoms with Crippen molar-refractivity contribution in [2.45, 2.75) is 18.6 Å². The molecule has 2 unspecified atom stereocenters. The smallest absolute Gasteiger partial charge is 0.306 e. The number of carbonyl (C=O) groups excluding carboxylic acids is 1. The van der Waals surface area contributed by atoms with Crippen LogP contribution in [0.5, 0.6) is 5.75 Å². The summed E-state index contributed by atoms with van der Waals surface area (Å²) in [4.78, 5) is 25.7. The quantitative estimate of drug-likeness (QED) is 0.862. The van der Waals surface area contributed by atoms with Gasteiger partial charge in [0.25, 0.3) is 5.91 Å². The number of carbonyl (C=O) groups is 2. The van der Waals surface area contributed by atoms with Crippen LogP contribution in [0.3, 0.4) is 0 Å². The Kier molecular flexibility index (Phi) is 5.86. The number of rotatable bonds is 6. The van der Waals surface area contributed by atoms with Gasteiger partial charge in [0.05, 0.1) is 19.1 Å². The van der Waals surface area contributed by atoms with Crippen LogP contribution in [0, 0.1) is 0 Å². The Labute approximate surface area is 152 Å². The highest BCUT2D eigenvalue weighted by molar-refractivity contribution is 5.83. The fourth-order valence-corrected chi connectivity index (χ4v) is 2.93. The number of nitrogens with zero attached hydrogens (tertiary/aromatic N) is 1. The molecule has 2 atom stereocenters. The van der Waals surface area contributed by atoms with Crippen LogP contribution in [0.1, 0.15) is 18.1 Å². The van der Waals surface area contributed by atoms with Gasteiger partial charge in [-0.15, -0.1) is 0 Å². The summed E-state index contributed by atoms with van der Waals surface area (Å²) >= 11 is 0. The highest BCUT2D eigenvalue weighted by atomic mass is 16.5. The maximum Gasteiger partial charge on any atom is 0.306 e. The van der Waals surface area contributed by atoms with Crippen LogP contribution in [-0.2, 0) is 14.3 Å². The van der Waals surface area contributed by atoms with E-state index in [2.05, 4.69) is 0 Å². The molecule has 0 bridgehead atoms. The third-order valence-electron chi connectivity index (χ3n) is 4.18. The SMILES string of the molecule is O=C(O)CC1CN(C(=O)C(Oc2ccccc2)c2ccccc2)CCO1. The van der Waals surface area contributed by atoms with Gasteiger partial charge in [0.2, 0.25) is 6.10 Å². The van der Waals surface area contributed by atoms with Gasteiger partial charge in [-0.05, 0) is 12.1 Å². The minimum absolute atomic E-state index is 0.126. The first kappa shape index (κ1) is 17.9. The van der Waals surface area contributed by atoms with Gasteiger partial charge in [-0.2, -0.15) is 0 Å². The molecule has 0 radical (unpaired) electrons. The Morgan fingerprint density at radius 2 is 1.77 bits per heavy atom. The first-order chi connectivity index (χ1) is 12.6. The average Bonchev–Trinajstić information content (AvgIpc) is 2.67. The van der Waals surface area contributed by atoms with Crippen molar-refractivity contribution in [1.29, 1.82) is 0 Å². The molecule has 26 heavy (non-hydrogen) atoms. The van der Waals surface area contributed by atoms with Crippen molar-refractivity contribution in [3.05, 3.63) is 66.2 Å². The minimum Gasteiger partial charge on any atom is -0.481 e. The van der Waals surface area contributed by atoms with Gasteiger partial charge in [0, 0.05) is 18.7 Å². The number of morpholine rings is 1. The molecule has 1 N–H and O–H groups in total. The molecule has 3 rings (SSSR count). The molecule has 2 aromatic carbocycles. The first-order valence-corrected chi connectivity index (χ1v) is 8.52. The zero-order valence-corrected chi connectivity index (χ0v) is 14.3. The van der Waals surface area contributed by atoms with E-state index in [0.717, 1.165) is 5.56 Å². The molecule has 1 saturated heterocycles. The maximum absolute atomic E-state index is 13.1. The van der Waals surface area contributed by atoms with Crippen molar-refractivity contribution < 1.29 is 24.2 Å². The van der Waals surface area contributed by atoms with Crippen molar-refractivity contribution in [1.82, 2.24) is 4.90 Å². The molecule has 1 fully saturated rings. The van der Waals surface area contributed by atoms with Gasteiger partial charge < -0.3 is 19.5 Å². The summed E-state index contributed by atoms with van der Waals surface area (Å²) < 4.78 is 11.4. The fourth-order valence-electron chi connectivity index (χ4n) is 2.93. The topological polar surface area (TPSA) is 76.1 Å². The van der Waals surface area contributed by atoms with Crippen molar-refractivity contribution in [2.24, 2.45) is 0 Å². The Balaban J connectivity index is 1.79. The summed E-state index contributed by atoms with van der Waals surface area (Å²) in [6.07, 6.45) is -1.42. The fraction of sp³-hybridized carbons (Fsp3) is 0.300. The second kappa shape index (κ2) is 8.49. The lowest BCUT2D eigenvalue weighted by molar-refractivity contribution is -0.151. The van der Waals surface area contributed by atoms with Gasteiger partial charge >= 0.3 is 5.97 Å². The largest absolute Gasteiger partial charge is 0.481 e. The van der Waals surface area contributed by atoms with E-state index >= 15 is 0 Å². The number of carboxylic acid groups (broad SMARTS) is 1. The maximum atomic E-state index is 13.1. The summed E-state index contributed by atoms with van der Waals surface area (Å²) in [5.74, 6) is -0.534. The van der Waals surface area contributed by atoms with Crippen molar-refractivity contribution in [3.8, 4) is 5.75 Å². The van der Waals surface area contributed by atoms with Crippen LogP contribution < -0.4 is 4.74 Å². The van der Waals surface area contributed by atoms with Crippen LogP contribution in [-0.4, -0.2) is 47.7 Å². The van der Waals surface area contributed by atoms with Crippen LogP contribution in [0.2, 0.25) is 0 Å². The van der Waals surface area contributed by atoms with Gasteiger partial charge in [-0.3, -0.25) is 9.59 Å². The standard InChI is InChI=1S/C20H21NO5/c22-18(23)13-17-14-21(11-12-25-17)20(24)19(15-7-3-1-4-8-15)26-16-9-5-2-6-10-16/h1-10,17,19H,11-14H2,(H,22,23). The summed E-state index contributed by atoms with van der Waals surface area (Å²) in [5.41, 5.74) is 0.752. The van der Waals surface area contributed by atoms with Crippen LogP contribution in [0.4, 0.5) is 0 Å². The summed E-state index contributed by atoms with van der Waals surface area (Å²) in [6, 6.07) is 18.5. The molecule has 0 spiro atoms. The Hall–Kier alpha value is -2.86. The molecule has 1 aliphatic rings. The normalized spacial score (nSPS) is 18.2. The lowest BCUT2D eigenvalue weighted by Gasteiger charge is -2.34. The third-order valence-corrected chi connectivity index (χ3v) is 4.18. The number of hydrogen-bond acceptors (Lipinski definition) is 4. The van der Waals surface area contributed by atoms with Gasteiger partial charge in [0.1, 0.15) is 5.75 Å². The second-order valence-corrected chi connectivity index (χ2v) is 6.10. The molecule has 1 aliphatic heterocycles. The Morgan fingerprint density at radius 1 is 1.12 bits per heavy atom. The number of hydrogen-bond donors (Lipinski definition) is 1. The Morgan fingerprint density at radius 3 is 2.42 bits per heavy atom. The van der Waals surface area contributed by atoms with E-state index in [1.165, 1.54) is 0 Å². The van der Waals surface area contributed by atoms with Crippen LogP contribution in [0.25, 0.3) is 0 Å². The van der Waals surface area contributed by atoms with E-state index in [4.69, 9.17) is 14.6 Å². The highest BCUT2D eigenvalue weighted by Crippen LogP contribution is 2.25. The summed E-state index contributed by atoms with van der Waals surface area (Å²) in [5, 5.41) is 8.96. The summed E-state index contributed by atoms with van der Waals surface area (Å²) in [7, 11) is 0. The van der Waals surface area contributed by atoms with E-state index in [1.54, 1.807) is 17.0 Å². The molecule has 2 aromatic rings. The number of carboxylic acids is 1. The zero-order chi connectivity index (χ0) is 18.4. The molecule has 1 heterocycles. The number of benzene rings is 2. The summed E-state index contributed by atoms with van der Waals surface area (Å²) in [6.45, 7) is 0.972. The van der Waals surface area contributed by atoms with Crippen molar-refractivity contribution in [2.75, 3.05) is 19.7 Å². The van der Waals surface area contributed by atoms with E-state index in [-0.39, 0.29) is 18.9 Å². The van der Waals surface area contributed by atoms with Crippen LogP contribution in [0.15, 0.2) is 60.7 Å². The first-order valence-electron chi connectivity index (χ1n) is 8.52. The molecule has 0 saturated carbocycles. The Bertz CT molecular complexity index is 734. The second-order valence-electron chi connectivity index (χ2n) is 6.10. The van der Waals surface area contributed by atoms with E-state index < -0.39 is 18.2 Å². The molecular formula is C20H21NO5. The lowest BCUT2D eigenvalue weighted by atomic mass is 10.1. The van der Waals surface area contributed by atoms with Gasteiger partial charge in [-0.25, -0.2) is 0 Å². The van der Waals surface area contributed by atoms with E-state index in [9.17, 15) is 9.59 Å². The predicted molar refractivity (Wildman–Crippen MR) is 94.8 cm³/mol. The van der Waals surface area contributed by atoms with Gasteiger partial charge in [-0.1, -0.05) is 48.5 Å². The molecular weight excluding hydrogens is 334 g/mol. The highest BCUT2D eigenvalue weighted by Gasteiger charge is 2.32. The lowest BCUT2D eigenvalue weighted by Crippen LogP contribution is -2.48. The predicted octanol–water partition coefficient (Wildman–Crippen LogP) is 2.51. The molecule has 0 aliphatic carbocycles. The zero-order valence-electron chi connectivity index (χ0n) is 14.3. The molecule has 6 nitrogen and oxygen atoms in total. The number of para-hydroxylation sites is 1.